The van der Waals surface area contributed by atoms with Crippen LogP contribution in [-0.4, -0.2) is 146 Å². The van der Waals surface area contributed by atoms with Crippen molar-refractivity contribution in [1.82, 2.24) is 20.9 Å². The number of fused-ring (bicyclic) bond motifs is 5. The van der Waals surface area contributed by atoms with Crippen molar-refractivity contribution in [2.45, 2.75) is 167 Å². The van der Waals surface area contributed by atoms with Crippen LogP contribution in [0.5, 0.6) is 5.75 Å². The number of amides is 7. The third-order valence-corrected chi connectivity index (χ3v) is 15.7. The molecule has 2 saturated heterocycles. The predicted octanol–water partition coefficient (Wildman–Crippen LogP) is 6.58. The van der Waals surface area contributed by atoms with Crippen LogP contribution in [0.15, 0.2) is 60.2 Å². The first-order valence-corrected chi connectivity index (χ1v) is 28.2. The van der Waals surface area contributed by atoms with Crippen molar-refractivity contribution in [2.24, 2.45) is 23.5 Å². The van der Waals surface area contributed by atoms with Gasteiger partial charge in [0.2, 0.25) is 17.7 Å². The van der Waals surface area contributed by atoms with E-state index in [1.165, 1.54) is 47.1 Å². The van der Waals surface area contributed by atoms with Crippen LogP contribution in [0.2, 0.25) is 5.02 Å². The summed E-state index contributed by atoms with van der Waals surface area (Å²) in [5, 5.41) is 22.7. The van der Waals surface area contributed by atoms with Crippen molar-refractivity contribution >= 4 is 76.5 Å². The second-order valence-electron chi connectivity index (χ2n) is 22.2. The number of hydrogen-bond acceptors (Lipinski definition) is 16. The van der Waals surface area contributed by atoms with E-state index >= 15 is 0 Å². The lowest BCUT2D eigenvalue weighted by atomic mass is 9.83. The summed E-state index contributed by atoms with van der Waals surface area (Å²) in [6, 6.07) is 7.02. The number of hydrogen-bond donors (Lipinski definition) is 6. The number of nitrogens with one attached hydrogen (secondary N) is 4. The van der Waals surface area contributed by atoms with E-state index in [2.05, 4.69) is 21.3 Å². The molecule has 2 aromatic rings. The zero-order chi connectivity index (χ0) is 61.5. The highest BCUT2D eigenvalue weighted by molar-refractivity contribution is 6.35. The molecule has 0 aliphatic carbocycles. The summed E-state index contributed by atoms with van der Waals surface area (Å²) < 4.78 is 35.0. The Kier molecular flexibility index (Phi) is 24.1. The minimum absolute atomic E-state index is 0.0274. The molecule has 3 aliphatic rings. The Labute approximate surface area is 490 Å². The first-order valence-electron chi connectivity index (χ1n) is 27.8. The average Bonchev–Trinajstić information content (AvgIpc) is 3.99. The quantitative estimate of drug-likeness (QED) is 0.0296. The van der Waals surface area contributed by atoms with Crippen molar-refractivity contribution in [1.29, 1.82) is 0 Å². The van der Waals surface area contributed by atoms with Gasteiger partial charge in [-0.1, -0.05) is 68.3 Å². The van der Waals surface area contributed by atoms with Crippen molar-refractivity contribution in [3.8, 4) is 5.75 Å². The number of esters is 1. The van der Waals surface area contributed by atoms with Gasteiger partial charge in [-0.25, -0.2) is 19.2 Å². The van der Waals surface area contributed by atoms with Gasteiger partial charge in [0.25, 0.3) is 0 Å². The van der Waals surface area contributed by atoms with E-state index in [4.69, 9.17) is 45.8 Å². The Bertz CT molecular complexity index is 2760. The summed E-state index contributed by atoms with van der Waals surface area (Å²) in [5.74, 6) is -4.01. The van der Waals surface area contributed by atoms with Gasteiger partial charge in [-0.2, -0.15) is 0 Å². The fraction of sp³-hybridized carbons (Fsp3) is 0.576. The Morgan fingerprint density at radius 1 is 1.02 bits per heavy atom. The van der Waals surface area contributed by atoms with E-state index in [0.29, 0.717) is 54.8 Å². The molecule has 7 N–H and O–H groups in total. The first kappa shape index (κ1) is 66.7. The number of benzene rings is 2. The van der Waals surface area contributed by atoms with Crippen LogP contribution in [0.25, 0.3) is 0 Å². The van der Waals surface area contributed by atoms with E-state index in [-0.39, 0.29) is 67.2 Å². The number of carbonyl (C=O) groups excluding carboxylic acids is 9. The number of anilines is 2. The normalized spacial score (nSPS) is 24.6. The largest absolute Gasteiger partial charge is 0.495 e. The minimum Gasteiger partial charge on any atom is -0.495 e. The number of ether oxygens (including phenoxy) is 6. The Morgan fingerprint density at radius 3 is 2.35 bits per heavy atom. The van der Waals surface area contributed by atoms with Gasteiger partial charge in [0.1, 0.15) is 53.1 Å². The molecule has 0 radical (unpaired) electrons. The minimum atomic E-state index is -1.90. The second kappa shape index (κ2) is 29.9. The zero-order valence-electron chi connectivity index (χ0n) is 49.3. The number of likely N-dealkylation sites (N-methyl/N-ethyl adjacent to an activating group) is 1. The number of alkyl carbamates (subject to hydrolysis) is 1. The summed E-state index contributed by atoms with van der Waals surface area (Å²) in [7, 11) is 5.73. The molecule has 3 heterocycles. The van der Waals surface area contributed by atoms with E-state index < -0.39 is 102 Å². The van der Waals surface area contributed by atoms with Crippen molar-refractivity contribution in [3.63, 3.8) is 0 Å². The Hall–Kier alpha value is -7.08. The molecule has 83 heavy (non-hydrogen) atoms. The highest BCUT2D eigenvalue weighted by Gasteiger charge is 2.64. The first-order chi connectivity index (χ1) is 39.1. The Morgan fingerprint density at radius 2 is 1.71 bits per heavy atom. The van der Waals surface area contributed by atoms with Gasteiger partial charge < -0.3 is 64.9 Å². The number of Topliss-reactive ketones (excluding diaryl/α,β-unsaturated/α-hetero) is 2. The van der Waals surface area contributed by atoms with Crippen LogP contribution in [-0.2, 0) is 65.5 Å². The van der Waals surface area contributed by atoms with Crippen molar-refractivity contribution in [2.75, 3.05) is 45.1 Å². The van der Waals surface area contributed by atoms with Gasteiger partial charge >= 0.3 is 24.2 Å². The number of primary amides is 1. The number of epoxide rings is 1. The van der Waals surface area contributed by atoms with Crippen molar-refractivity contribution < 1.29 is 76.7 Å². The number of ketones is 2. The number of urea groups is 1. The Balaban J connectivity index is 1.28. The number of nitrogens with two attached hydrogens (primary N) is 1. The van der Waals surface area contributed by atoms with Crippen LogP contribution in [0.3, 0.4) is 0 Å². The number of halogens is 1. The van der Waals surface area contributed by atoms with Crippen LogP contribution in [0.4, 0.5) is 25.8 Å². The maximum absolute atomic E-state index is 14.4. The molecule has 0 aromatic heterocycles. The molecule has 0 saturated carbocycles. The molecule has 4 bridgehead atoms. The number of carbonyl (C=O) groups is 9. The molecular weight excluding hydrogens is 1100 g/mol. The van der Waals surface area contributed by atoms with Gasteiger partial charge in [-0.15, -0.1) is 0 Å². The van der Waals surface area contributed by atoms with Gasteiger partial charge in [-0.05, 0) is 101 Å². The standard InChI is InChI=1S/C59H82ClN7O16/c1-33(2)51(64-48(70)20-13-12-17-35(4)68)43(69)29-40(18-15-25-62-55(61)74)53(72)63-41-23-21-38(22-24-41)32-80-57(76)66(8)37(6)54(73)82-47-30-49(71)67(9)42-27-39(28-44(78-10)50(42)60)26-34(3)16-14-19-46(79-11)59(77)31-45(81-56(75)65-59)36(5)52-58(47,7)83-52/h14,16,19,21-24,27-28,33,36-37,40,45-47,51-52,77H,12-13,15,17-18,20,25-26,29-32H2,1-11H3,(H,63,72)(H,64,70)(H,65,75)(H3,61,62,74)/b19-14+,34-16+/t36-,37+,40?,45+,46-,47+,51?,52+,58+,59+/m1/s1. The molecule has 23 nitrogen and oxygen atoms in total. The highest BCUT2D eigenvalue weighted by atomic mass is 35.5. The van der Waals surface area contributed by atoms with Gasteiger partial charge in [-0.3, -0.25) is 29.4 Å². The SMILES string of the molecule is COc1cc2cc(c1Cl)N(C)C(=O)C[C@H](OC(=O)[C@H](C)N(C)C(=O)OCc1ccc(NC(=O)C(CCCNC(N)=O)CC(=O)C(NC(=O)CCCCC(C)=O)C(C)C)cc1)[C@]1(C)O[C@H]1[C@H](C)[C@@H]1C[C@@](O)(NC(=O)O1)[C@H](OC)/C=C/C=C(\C)C2. The fourth-order valence-corrected chi connectivity index (χ4v) is 10.4. The molecule has 10 atom stereocenters. The molecule has 0 spiro atoms. The maximum Gasteiger partial charge on any atom is 0.410 e. The third kappa shape index (κ3) is 18.5. The number of unbranched alkanes of at least 4 members (excludes halogenated alkanes) is 1. The average molecular weight is 1180 g/mol. The number of methoxy groups -OCH3 is 2. The van der Waals surface area contributed by atoms with Crippen LogP contribution in [0.1, 0.15) is 117 Å². The number of rotatable bonds is 23. The summed E-state index contributed by atoms with van der Waals surface area (Å²) in [4.78, 5) is 120. The van der Waals surface area contributed by atoms with Gasteiger partial charge in [0, 0.05) is 71.0 Å². The lowest BCUT2D eigenvalue weighted by Crippen LogP contribution is -2.63. The molecule has 7 amide bonds. The molecule has 2 aromatic carbocycles. The predicted molar refractivity (Wildman–Crippen MR) is 307 cm³/mol. The van der Waals surface area contributed by atoms with E-state index in [1.54, 1.807) is 76.2 Å². The third-order valence-electron chi connectivity index (χ3n) is 15.4. The lowest BCUT2D eigenvalue weighted by molar-refractivity contribution is -0.158. The van der Waals surface area contributed by atoms with E-state index in [1.807, 2.05) is 13.0 Å². The topological polar surface area (TPSA) is 313 Å². The van der Waals surface area contributed by atoms with E-state index in [9.17, 15) is 48.3 Å². The molecule has 5 rings (SSSR count). The summed E-state index contributed by atoms with van der Waals surface area (Å²) in [6.07, 6.45) is 1.07. The van der Waals surface area contributed by atoms with Gasteiger partial charge in [0.15, 0.2) is 11.5 Å². The zero-order valence-corrected chi connectivity index (χ0v) is 50.1. The van der Waals surface area contributed by atoms with Crippen LogP contribution < -0.4 is 36.6 Å². The summed E-state index contributed by atoms with van der Waals surface area (Å²) >= 11 is 6.83. The number of allylic oxidation sites excluding steroid dienone is 3. The summed E-state index contributed by atoms with van der Waals surface area (Å²) in [5.41, 5.74) is 4.80. The fourth-order valence-electron chi connectivity index (χ4n) is 10.1. The van der Waals surface area contributed by atoms with Crippen LogP contribution >= 0.6 is 11.6 Å². The maximum atomic E-state index is 14.4. The van der Waals surface area contributed by atoms with Gasteiger partial charge in [0.05, 0.1) is 31.4 Å². The molecule has 3 aliphatic heterocycles. The van der Waals surface area contributed by atoms with Crippen molar-refractivity contribution in [3.05, 3.63) is 76.3 Å². The molecule has 2 unspecified atom stereocenters. The highest BCUT2D eigenvalue weighted by Crippen LogP contribution is 2.49. The number of aliphatic hydroxyl groups is 1. The molecule has 2 fully saturated rings. The smallest absolute Gasteiger partial charge is 0.410 e. The molecular formula is C59H82ClN7O16. The molecule has 24 heteroatoms. The molecule has 456 valence electrons. The monoisotopic (exact) mass is 1180 g/mol. The van der Waals surface area contributed by atoms with Crippen LogP contribution in [0, 0.1) is 17.8 Å². The summed E-state index contributed by atoms with van der Waals surface area (Å²) in [6.45, 7) is 11.7. The second-order valence-corrected chi connectivity index (χ2v) is 22.6. The number of nitrogens with zero attached hydrogens (tertiary/aromatic N) is 2. The lowest BCUT2D eigenvalue weighted by Gasteiger charge is -2.42. The van der Waals surface area contributed by atoms with E-state index in [0.717, 1.165) is 16.0 Å².